The van der Waals surface area contributed by atoms with Crippen molar-refractivity contribution in [1.29, 1.82) is 0 Å². The first-order valence-corrected chi connectivity index (χ1v) is 3.50. The van der Waals surface area contributed by atoms with Gasteiger partial charge in [-0.3, -0.25) is 0 Å². The maximum Gasteiger partial charge on any atom is 2.00 e. The number of allylic oxidation sites excluding steroid dienone is 4. The molecule has 0 radical (unpaired) electrons. The minimum atomic E-state index is -2.75. The topological polar surface area (TPSA) is 0 Å². The van der Waals surface area contributed by atoms with E-state index < -0.39 is 22.4 Å². The first kappa shape index (κ1) is 12.4. The molecule has 0 amide bonds. The fourth-order valence-electron chi connectivity index (χ4n) is 0.687. The van der Waals surface area contributed by atoms with Crippen LogP contribution in [0.5, 0.6) is 0 Å². The first-order valence-electron chi connectivity index (χ1n) is 2.71. The number of halogens is 5. The zero-order valence-electron chi connectivity index (χ0n) is 5.83. The maximum atomic E-state index is 12.7. The summed E-state index contributed by atoms with van der Waals surface area (Å²) in [4.78, 5) is 0. The van der Waals surface area contributed by atoms with Gasteiger partial charge in [0.05, 0.1) is 0 Å². The van der Waals surface area contributed by atoms with E-state index in [-0.39, 0.29) is 23.1 Å². The van der Waals surface area contributed by atoms with Crippen molar-refractivity contribution < 1.29 is 17.6 Å². The van der Waals surface area contributed by atoms with Crippen LogP contribution in [-0.4, -0.2) is 33.8 Å². The minimum Gasteiger partial charge on any atom is -0.235 e. The van der Waals surface area contributed by atoms with Crippen LogP contribution < -0.4 is 0 Å². The van der Waals surface area contributed by atoms with Gasteiger partial charge in [0.1, 0.15) is 11.7 Å². The van der Waals surface area contributed by atoms with Crippen LogP contribution in [0.15, 0.2) is 23.8 Å². The third-order valence-electron chi connectivity index (χ3n) is 1.19. The van der Waals surface area contributed by atoms with Crippen molar-refractivity contribution in [2.45, 2.75) is 10.7 Å². The fourth-order valence-corrected chi connectivity index (χ4v) is 1.12. The molecule has 12 heavy (non-hydrogen) atoms. The third-order valence-corrected chi connectivity index (χ3v) is 1.82. The van der Waals surface area contributed by atoms with Gasteiger partial charge in [0.15, 0.2) is 6.17 Å². The Labute approximate surface area is 91.0 Å². The summed E-state index contributed by atoms with van der Waals surface area (Å²) in [5, 5.41) is 0. The average Bonchev–Trinajstić information content (AvgIpc) is 1.81. The Morgan fingerprint density at radius 2 is 1.92 bits per heavy atom. The summed E-state index contributed by atoms with van der Waals surface area (Å²) in [6.07, 6.45) is -1.83. The second-order valence-electron chi connectivity index (χ2n) is 2.10. The van der Waals surface area contributed by atoms with Gasteiger partial charge in [-0.2, -0.15) is 0 Å². The second-order valence-corrected chi connectivity index (χ2v) is 3.31. The predicted molar refractivity (Wildman–Crippen MR) is 41.8 cm³/mol. The summed E-state index contributed by atoms with van der Waals surface area (Å²) in [6, 6.07) is 0. The van der Waals surface area contributed by atoms with Crippen molar-refractivity contribution in [2.75, 3.05) is 0 Å². The van der Waals surface area contributed by atoms with Gasteiger partial charge in [0, 0.05) is 12.2 Å². The van der Waals surface area contributed by atoms with Crippen LogP contribution in [0.2, 0.25) is 0 Å². The summed E-state index contributed by atoms with van der Waals surface area (Å²) < 4.78 is 46.9. The van der Waals surface area contributed by atoms with Gasteiger partial charge in [-0.1, -0.05) is 0 Å². The second kappa shape index (κ2) is 4.10. The molecule has 0 aliphatic heterocycles. The van der Waals surface area contributed by atoms with Crippen LogP contribution in [0.3, 0.4) is 0 Å². The summed E-state index contributed by atoms with van der Waals surface area (Å²) in [5.74, 6) is -2.58. The van der Waals surface area contributed by atoms with Gasteiger partial charge in [-0.05, 0) is 15.9 Å². The zero-order valence-corrected chi connectivity index (χ0v) is 8.83. The molecule has 1 aliphatic carbocycles. The molecule has 0 saturated carbocycles. The van der Waals surface area contributed by atoms with Gasteiger partial charge in [0.2, 0.25) is 4.58 Å². The molecule has 2 unspecified atom stereocenters. The van der Waals surface area contributed by atoms with E-state index in [1.54, 1.807) is 0 Å². The SMILES string of the molecule is FC1=CC(F)(Br)C(F)C(F)=C1.[Mg+2]. The molecule has 0 spiro atoms. The molecule has 1 rings (SSSR count). The molecule has 0 nitrogen and oxygen atoms in total. The van der Waals surface area contributed by atoms with Crippen LogP contribution in [0.4, 0.5) is 17.6 Å². The molecule has 0 aromatic heterocycles. The van der Waals surface area contributed by atoms with Crippen molar-refractivity contribution in [3.05, 3.63) is 23.8 Å². The first-order chi connectivity index (χ1) is 4.93. The van der Waals surface area contributed by atoms with E-state index in [4.69, 9.17) is 0 Å². The standard InChI is InChI=1S/C6H3BrF4.Mg/c7-6(11)2-3(8)1-4(9)5(6)10;/h1-2,5H;/q;+2. The smallest absolute Gasteiger partial charge is 0.235 e. The number of hydrogen-bond donors (Lipinski definition) is 0. The van der Waals surface area contributed by atoms with E-state index >= 15 is 0 Å². The molecule has 0 N–H and O–H groups in total. The Morgan fingerprint density at radius 1 is 1.42 bits per heavy atom. The molecule has 0 aromatic rings. The minimum absolute atomic E-state index is 0. The Balaban J connectivity index is 0.00000121. The molecule has 2 atom stereocenters. The number of hydrogen-bond acceptors (Lipinski definition) is 0. The van der Waals surface area contributed by atoms with E-state index in [1.807, 2.05) is 0 Å². The van der Waals surface area contributed by atoms with Crippen LogP contribution in [0.25, 0.3) is 0 Å². The molecule has 6 heteroatoms. The normalized spacial score (nSPS) is 34.9. The van der Waals surface area contributed by atoms with Gasteiger partial charge >= 0.3 is 23.1 Å². The van der Waals surface area contributed by atoms with Gasteiger partial charge in [-0.15, -0.1) is 0 Å². The zero-order chi connectivity index (χ0) is 8.65. The molecular formula is C6H3BrF4Mg+2. The fraction of sp³-hybridized carbons (Fsp3) is 0.333. The van der Waals surface area contributed by atoms with E-state index in [9.17, 15) is 17.6 Å². The van der Waals surface area contributed by atoms with Gasteiger partial charge in [-0.25, -0.2) is 17.6 Å². The summed E-state index contributed by atoms with van der Waals surface area (Å²) in [7, 11) is 0. The molecule has 0 aromatic carbocycles. The van der Waals surface area contributed by atoms with Crippen molar-refractivity contribution in [1.82, 2.24) is 0 Å². The Morgan fingerprint density at radius 3 is 2.33 bits per heavy atom. The number of rotatable bonds is 0. The van der Waals surface area contributed by atoms with E-state index in [1.165, 1.54) is 0 Å². The summed E-state index contributed by atoms with van der Waals surface area (Å²) in [6.45, 7) is 0. The number of alkyl halides is 3. The monoisotopic (exact) mass is 254 g/mol. The van der Waals surface area contributed by atoms with Crippen molar-refractivity contribution >= 4 is 39.0 Å². The quantitative estimate of drug-likeness (QED) is 0.355. The molecule has 62 valence electrons. The molecule has 0 bridgehead atoms. The molecule has 1 aliphatic rings. The summed E-state index contributed by atoms with van der Waals surface area (Å²) in [5.41, 5.74) is 0. The van der Waals surface area contributed by atoms with E-state index in [0.717, 1.165) is 0 Å². The summed E-state index contributed by atoms with van der Waals surface area (Å²) >= 11 is 2.20. The Bertz CT molecular complexity index is 236. The largest absolute Gasteiger partial charge is 2.00 e. The van der Waals surface area contributed by atoms with E-state index in [0.29, 0.717) is 12.2 Å². The third kappa shape index (κ3) is 2.46. The molecule has 0 fully saturated rings. The van der Waals surface area contributed by atoms with Gasteiger partial charge in [0.25, 0.3) is 0 Å². The Hall–Kier alpha value is 0.446. The molecule has 0 heterocycles. The van der Waals surface area contributed by atoms with Crippen LogP contribution >= 0.6 is 15.9 Å². The molecule has 0 saturated heterocycles. The van der Waals surface area contributed by atoms with Crippen LogP contribution in [-0.2, 0) is 0 Å². The van der Waals surface area contributed by atoms with Crippen molar-refractivity contribution in [2.24, 2.45) is 0 Å². The maximum absolute atomic E-state index is 12.7. The Kier molecular flexibility index (Phi) is 4.26. The molecular weight excluding hydrogens is 252 g/mol. The van der Waals surface area contributed by atoms with Crippen LogP contribution in [0.1, 0.15) is 0 Å². The van der Waals surface area contributed by atoms with E-state index in [2.05, 4.69) is 15.9 Å². The van der Waals surface area contributed by atoms with Gasteiger partial charge < -0.3 is 0 Å². The van der Waals surface area contributed by atoms with Crippen molar-refractivity contribution in [3.63, 3.8) is 0 Å². The van der Waals surface area contributed by atoms with Crippen LogP contribution in [0, 0.1) is 0 Å². The predicted octanol–water partition coefficient (Wildman–Crippen LogP) is 2.72. The average molecular weight is 255 g/mol. The van der Waals surface area contributed by atoms with Crippen molar-refractivity contribution in [3.8, 4) is 0 Å².